The van der Waals surface area contributed by atoms with E-state index in [1.807, 2.05) is 18.5 Å². The highest BCUT2D eigenvalue weighted by Crippen LogP contribution is 2.25. The first kappa shape index (κ1) is 14.0. The summed E-state index contributed by atoms with van der Waals surface area (Å²) in [5.41, 5.74) is 2.23. The summed E-state index contributed by atoms with van der Waals surface area (Å²) in [7, 11) is 0. The Hall–Kier alpha value is -1.95. The lowest BCUT2D eigenvalue weighted by Gasteiger charge is -2.16. The third-order valence-electron chi connectivity index (χ3n) is 3.37. The van der Waals surface area contributed by atoms with Crippen LogP contribution in [-0.4, -0.2) is 25.8 Å². The molecule has 5 nitrogen and oxygen atoms in total. The lowest BCUT2D eigenvalue weighted by atomic mass is 10.3. The van der Waals surface area contributed by atoms with Crippen LogP contribution in [0.4, 0.5) is 5.82 Å². The smallest absolute Gasteiger partial charge is 0.138 e. The molecular weight excluding hydrogens is 282 g/mol. The maximum atomic E-state index is 4.54. The fourth-order valence-corrected chi connectivity index (χ4v) is 3.28. The van der Waals surface area contributed by atoms with Crippen LogP contribution in [0, 0.1) is 20.8 Å². The third-order valence-corrected chi connectivity index (χ3v) is 4.18. The van der Waals surface area contributed by atoms with Gasteiger partial charge >= 0.3 is 0 Å². The number of nitrogens with one attached hydrogen (secondary N) is 1. The van der Waals surface area contributed by atoms with Crippen LogP contribution in [0.3, 0.4) is 0 Å². The lowest BCUT2D eigenvalue weighted by Crippen LogP contribution is -2.24. The number of rotatable bonds is 4. The van der Waals surface area contributed by atoms with Crippen LogP contribution < -0.4 is 5.32 Å². The van der Waals surface area contributed by atoms with Crippen LogP contribution >= 0.6 is 11.3 Å². The molecule has 0 spiro atoms. The number of nitrogens with zero attached hydrogens (tertiary/aromatic N) is 4. The predicted octanol–water partition coefficient (Wildman–Crippen LogP) is 3.31. The van der Waals surface area contributed by atoms with Crippen molar-refractivity contribution in [3.8, 4) is 0 Å². The fourth-order valence-electron chi connectivity index (χ4n) is 2.47. The van der Waals surface area contributed by atoms with Crippen molar-refractivity contribution in [2.24, 2.45) is 0 Å². The van der Waals surface area contributed by atoms with Crippen molar-refractivity contribution < 1.29 is 0 Å². The Balaban J connectivity index is 1.81. The zero-order valence-corrected chi connectivity index (χ0v) is 13.5. The molecule has 0 radical (unpaired) electrons. The van der Waals surface area contributed by atoms with Gasteiger partial charge < -0.3 is 5.32 Å². The molecule has 0 unspecified atom stereocenters. The summed E-state index contributed by atoms with van der Waals surface area (Å²) < 4.78 is 2.03. The molecule has 0 aromatic carbocycles. The van der Waals surface area contributed by atoms with E-state index in [9.17, 15) is 0 Å². The minimum absolute atomic E-state index is 0.236. The van der Waals surface area contributed by atoms with Gasteiger partial charge in [-0.3, -0.25) is 4.68 Å². The van der Waals surface area contributed by atoms with E-state index in [1.54, 1.807) is 11.3 Å². The molecule has 1 atom stereocenters. The Morgan fingerprint density at radius 3 is 2.81 bits per heavy atom. The summed E-state index contributed by atoms with van der Waals surface area (Å²) in [5.74, 6) is 1.71. The average Bonchev–Trinajstić information content (AvgIpc) is 2.96. The van der Waals surface area contributed by atoms with E-state index >= 15 is 0 Å². The predicted molar refractivity (Wildman–Crippen MR) is 86.9 cm³/mol. The van der Waals surface area contributed by atoms with Gasteiger partial charge in [0.2, 0.25) is 0 Å². The van der Waals surface area contributed by atoms with E-state index in [4.69, 9.17) is 0 Å². The number of fused-ring (bicyclic) bond motifs is 1. The molecule has 0 saturated carbocycles. The maximum Gasteiger partial charge on any atom is 0.138 e. The highest BCUT2D eigenvalue weighted by Gasteiger charge is 2.11. The molecule has 0 aliphatic carbocycles. The van der Waals surface area contributed by atoms with Gasteiger partial charge in [-0.05, 0) is 45.2 Å². The zero-order valence-electron chi connectivity index (χ0n) is 12.7. The van der Waals surface area contributed by atoms with Crippen LogP contribution in [0.5, 0.6) is 0 Å². The van der Waals surface area contributed by atoms with Gasteiger partial charge in [0.1, 0.15) is 16.5 Å². The second kappa shape index (κ2) is 5.44. The Labute approximate surface area is 128 Å². The number of aryl methyl sites for hydroxylation is 3. The van der Waals surface area contributed by atoms with Crippen LogP contribution in [0.1, 0.15) is 24.1 Å². The number of aromatic nitrogens is 4. The first-order chi connectivity index (χ1) is 10.0. The van der Waals surface area contributed by atoms with Gasteiger partial charge in [0.25, 0.3) is 0 Å². The van der Waals surface area contributed by atoms with Gasteiger partial charge in [0.05, 0.1) is 17.6 Å². The van der Waals surface area contributed by atoms with Gasteiger partial charge in [0, 0.05) is 11.7 Å². The quantitative estimate of drug-likeness (QED) is 0.803. The van der Waals surface area contributed by atoms with Crippen LogP contribution in [0.15, 0.2) is 17.5 Å². The number of hydrogen-bond acceptors (Lipinski definition) is 5. The molecule has 1 N–H and O–H groups in total. The molecule has 0 aliphatic rings. The molecule has 0 amide bonds. The lowest BCUT2D eigenvalue weighted by molar-refractivity contribution is 0.545. The second-order valence-corrected chi connectivity index (χ2v) is 6.31. The van der Waals surface area contributed by atoms with Gasteiger partial charge in [0.15, 0.2) is 0 Å². The Morgan fingerprint density at radius 1 is 1.29 bits per heavy atom. The monoisotopic (exact) mass is 301 g/mol. The van der Waals surface area contributed by atoms with Crippen LogP contribution in [0.25, 0.3) is 10.2 Å². The summed E-state index contributed by atoms with van der Waals surface area (Å²) >= 11 is 1.64. The molecule has 0 fully saturated rings. The number of hydrogen-bond donors (Lipinski definition) is 1. The van der Waals surface area contributed by atoms with Gasteiger partial charge in [-0.25, -0.2) is 9.97 Å². The molecule has 0 bridgehead atoms. The van der Waals surface area contributed by atoms with Crippen molar-refractivity contribution in [1.82, 2.24) is 19.7 Å². The number of thiophene rings is 1. The standard InChI is InChI=1S/C15H19N5S/c1-9-7-11(3)20(19-9)8-10(2)16-14-13-5-6-21-15(13)18-12(4)17-14/h5-7,10H,8H2,1-4H3,(H,16,17,18)/t10-/m1/s1. The van der Waals surface area contributed by atoms with Gasteiger partial charge in [-0.15, -0.1) is 11.3 Å². The highest BCUT2D eigenvalue weighted by molar-refractivity contribution is 7.16. The van der Waals surface area contributed by atoms with E-state index in [1.165, 1.54) is 5.69 Å². The summed E-state index contributed by atoms with van der Waals surface area (Å²) in [4.78, 5) is 10.0. The topological polar surface area (TPSA) is 55.6 Å². The highest BCUT2D eigenvalue weighted by atomic mass is 32.1. The molecular formula is C15H19N5S. The van der Waals surface area contributed by atoms with Gasteiger partial charge in [-0.1, -0.05) is 0 Å². The van der Waals surface area contributed by atoms with Crippen molar-refractivity contribution in [3.05, 3.63) is 34.7 Å². The molecule has 0 aliphatic heterocycles. The third kappa shape index (κ3) is 2.90. The van der Waals surface area contributed by atoms with Crippen molar-refractivity contribution >= 4 is 27.4 Å². The van der Waals surface area contributed by atoms with E-state index in [-0.39, 0.29) is 6.04 Å². The van der Waals surface area contributed by atoms with Crippen molar-refractivity contribution in [1.29, 1.82) is 0 Å². The van der Waals surface area contributed by atoms with Crippen molar-refractivity contribution in [2.45, 2.75) is 40.3 Å². The van der Waals surface area contributed by atoms with E-state index < -0.39 is 0 Å². The molecule has 110 valence electrons. The van der Waals surface area contributed by atoms with E-state index in [0.717, 1.165) is 34.1 Å². The molecule has 3 rings (SSSR count). The minimum Gasteiger partial charge on any atom is -0.365 e. The molecule has 0 saturated heterocycles. The molecule has 3 heterocycles. The van der Waals surface area contributed by atoms with Crippen LogP contribution in [0.2, 0.25) is 0 Å². The second-order valence-electron chi connectivity index (χ2n) is 5.41. The first-order valence-electron chi connectivity index (χ1n) is 7.02. The summed E-state index contributed by atoms with van der Waals surface area (Å²) in [5, 5.41) is 11.1. The molecule has 21 heavy (non-hydrogen) atoms. The summed E-state index contributed by atoms with van der Waals surface area (Å²) in [6, 6.07) is 4.40. The van der Waals surface area contributed by atoms with Crippen molar-refractivity contribution in [2.75, 3.05) is 5.32 Å². The SMILES string of the molecule is Cc1cc(C)n(C[C@@H](C)Nc2nc(C)nc3sccc23)n1. The van der Waals surface area contributed by atoms with Crippen LogP contribution in [-0.2, 0) is 6.54 Å². The maximum absolute atomic E-state index is 4.54. The van der Waals surface area contributed by atoms with E-state index in [0.29, 0.717) is 0 Å². The Morgan fingerprint density at radius 2 is 2.10 bits per heavy atom. The number of anilines is 1. The molecule has 3 aromatic rings. The average molecular weight is 301 g/mol. The summed E-state index contributed by atoms with van der Waals surface area (Å²) in [6.07, 6.45) is 0. The van der Waals surface area contributed by atoms with Gasteiger partial charge in [-0.2, -0.15) is 5.10 Å². The Kier molecular flexibility index (Phi) is 3.63. The normalized spacial score (nSPS) is 12.8. The summed E-state index contributed by atoms with van der Waals surface area (Å²) in [6.45, 7) is 8.99. The Bertz CT molecular complexity index is 774. The molecule has 6 heteroatoms. The largest absolute Gasteiger partial charge is 0.365 e. The van der Waals surface area contributed by atoms with Crippen molar-refractivity contribution in [3.63, 3.8) is 0 Å². The fraction of sp³-hybridized carbons (Fsp3) is 0.400. The minimum atomic E-state index is 0.236. The first-order valence-corrected chi connectivity index (χ1v) is 7.90. The molecule has 3 aromatic heterocycles. The zero-order chi connectivity index (χ0) is 15.0. The van der Waals surface area contributed by atoms with E-state index in [2.05, 4.69) is 51.7 Å².